The van der Waals surface area contributed by atoms with Gasteiger partial charge in [0.25, 0.3) is 0 Å². The van der Waals surface area contributed by atoms with Gasteiger partial charge in [-0.15, -0.1) is 0 Å². The highest BCUT2D eigenvalue weighted by Gasteiger charge is 2.10. The van der Waals surface area contributed by atoms with Crippen LogP contribution in [0.1, 0.15) is 20.3 Å². The number of hydrogen-bond donors (Lipinski definition) is 2. The minimum atomic E-state index is -2.97. The number of nitrogens with one attached hydrogen (secondary N) is 2. The SMILES string of the molecule is CCCNc1cccc(NC(C)CS(C)(=O)=O)n1. The number of sulfone groups is 1. The van der Waals surface area contributed by atoms with Gasteiger partial charge in [-0.2, -0.15) is 0 Å². The van der Waals surface area contributed by atoms with Gasteiger partial charge >= 0.3 is 0 Å². The molecule has 0 amide bonds. The van der Waals surface area contributed by atoms with Crippen molar-refractivity contribution in [3.8, 4) is 0 Å². The Balaban J connectivity index is 2.61. The minimum absolute atomic E-state index is 0.0985. The van der Waals surface area contributed by atoms with Crippen molar-refractivity contribution in [1.29, 1.82) is 0 Å². The average Bonchev–Trinajstić information content (AvgIpc) is 2.24. The Labute approximate surface area is 109 Å². The molecule has 1 aromatic rings. The van der Waals surface area contributed by atoms with E-state index in [0.717, 1.165) is 18.8 Å². The molecule has 1 unspecified atom stereocenters. The minimum Gasteiger partial charge on any atom is -0.370 e. The normalized spacial score (nSPS) is 13.1. The van der Waals surface area contributed by atoms with E-state index in [0.29, 0.717) is 5.82 Å². The molecule has 0 aliphatic carbocycles. The van der Waals surface area contributed by atoms with Crippen molar-refractivity contribution in [2.75, 3.05) is 29.2 Å². The molecule has 0 aromatic carbocycles. The number of rotatable bonds is 7. The van der Waals surface area contributed by atoms with E-state index in [1.165, 1.54) is 6.26 Å². The summed E-state index contributed by atoms with van der Waals surface area (Å²) >= 11 is 0. The van der Waals surface area contributed by atoms with E-state index in [9.17, 15) is 8.42 Å². The van der Waals surface area contributed by atoms with E-state index in [1.54, 1.807) is 0 Å². The number of nitrogens with zero attached hydrogens (tertiary/aromatic N) is 1. The molecule has 5 nitrogen and oxygen atoms in total. The maximum Gasteiger partial charge on any atom is 0.149 e. The third-order valence-electron chi connectivity index (χ3n) is 2.25. The van der Waals surface area contributed by atoms with Crippen molar-refractivity contribution in [3.63, 3.8) is 0 Å². The molecule has 0 saturated heterocycles. The smallest absolute Gasteiger partial charge is 0.149 e. The molecule has 1 heterocycles. The van der Waals surface area contributed by atoms with Gasteiger partial charge in [-0.3, -0.25) is 0 Å². The molecule has 0 bridgehead atoms. The van der Waals surface area contributed by atoms with Gasteiger partial charge in [0.1, 0.15) is 21.5 Å². The zero-order chi connectivity index (χ0) is 13.6. The van der Waals surface area contributed by atoms with Crippen LogP contribution in [-0.4, -0.2) is 38.0 Å². The summed E-state index contributed by atoms with van der Waals surface area (Å²) in [6.45, 7) is 4.79. The summed E-state index contributed by atoms with van der Waals surface area (Å²) in [5.74, 6) is 1.59. The van der Waals surface area contributed by atoms with Gasteiger partial charge in [0.2, 0.25) is 0 Å². The van der Waals surface area contributed by atoms with E-state index >= 15 is 0 Å². The Morgan fingerprint density at radius 1 is 1.33 bits per heavy atom. The Hall–Kier alpha value is -1.30. The number of hydrogen-bond acceptors (Lipinski definition) is 5. The summed E-state index contributed by atoms with van der Waals surface area (Å²) in [7, 11) is -2.97. The Morgan fingerprint density at radius 2 is 2.00 bits per heavy atom. The van der Waals surface area contributed by atoms with E-state index in [4.69, 9.17) is 0 Å². The van der Waals surface area contributed by atoms with E-state index in [2.05, 4.69) is 22.5 Å². The van der Waals surface area contributed by atoms with E-state index < -0.39 is 9.84 Å². The molecule has 0 aliphatic rings. The van der Waals surface area contributed by atoms with Crippen molar-refractivity contribution < 1.29 is 8.42 Å². The van der Waals surface area contributed by atoms with Crippen LogP contribution in [0.4, 0.5) is 11.6 Å². The van der Waals surface area contributed by atoms with Crippen LogP contribution in [0.15, 0.2) is 18.2 Å². The molecule has 0 aliphatic heterocycles. The summed E-state index contributed by atoms with van der Waals surface area (Å²) in [6, 6.07) is 5.45. The third-order valence-corrected chi connectivity index (χ3v) is 3.36. The Morgan fingerprint density at radius 3 is 2.61 bits per heavy atom. The van der Waals surface area contributed by atoms with Gasteiger partial charge in [0.15, 0.2) is 0 Å². The molecule has 18 heavy (non-hydrogen) atoms. The van der Waals surface area contributed by atoms with E-state index in [1.807, 2.05) is 25.1 Å². The molecule has 2 N–H and O–H groups in total. The summed E-state index contributed by atoms with van der Waals surface area (Å²) in [5, 5.41) is 6.27. The first kappa shape index (κ1) is 14.8. The molecular formula is C12H21N3O2S. The summed E-state index contributed by atoms with van der Waals surface area (Å²) in [4.78, 5) is 4.36. The van der Waals surface area contributed by atoms with Gasteiger partial charge < -0.3 is 10.6 Å². The molecule has 1 aromatic heterocycles. The Kier molecular flexibility index (Phi) is 5.40. The van der Waals surface area contributed by atoms with Gasteiger partial charge in [0, 0.05) is 18.8 Å². The van der Waals surface area contributed by atoms with Crippen LogP contribution in [0, 0.1) is 0 Å². The topological polar surface area (TPSA) is 71.1 Å². The van der Waals surface area contributed by atoms with Crippen LogP contribution >= 0.6 is 0 Å². The van der Waals surface area contributed by atoms with Gasteiger partial charge in [-0.1, -0.05) is 13.0 Å². The first-order valence-corrected chi connectivity index (χ1v) is 8.12. The van der Waals surface area contributed by atoms with Gasteiger partial charge in [-0.05, 0) is 25.5 Å². The zero-order valence-electron chi connectivity index (χ0n) is 11.1. The predicted molar refractivity (Wildman–Crippen MR) is 75.8 cm³/mol. The second-order valence-corrected chi connectivity index (χ2v) is 6.66. The molecule has 1 rings (SSSR count). The van der Waals surface area contributed by atoms with Gasteiger partial charge in [-0.25, -0.2) is 13.4 Å². The van der Waals surface area contributed by atoms with Crippen LogP contribution in [0.3, 0.4) is 0 Å². The molecule has 6 heteroatoms. The first-order valence-electron chi connectivity index (χ1n) is 6.06. The van der Waals surface area contributed by atoms with Gasteiger partial charge in [0.05, 0.1) is 5.75 Å². The molecule has 0 spiro atoms. The summed E-state index contributed by atoms with van der Waals surface area (Å²) in [5.41, 5.74) is 0. The molecule has 0 radical (unpaired) electrons. The monoisotopic (exact) mass is 271 g/mol. The number of anilines is 2. The van der Waals surface area contributed by atoms with Crippen LogP contribution in [0.2, 0.25) is 0 Å². The lowest BCUT2D eigenvalue weighted by Gasteiger charge is -2.14. The largest absolute Gasteiger partial charge is 0.370 e. The highest BCUT2D eigenvalue weighted by Crippen LogP contribution is 2.10. The lowest BCUT2D eigenvalue weighted by molar-refractivity contribution is 0.598. The first-order chi connectivity index (χ1) is 8.40. The maximum absolute atomic E-state index is 11.2. The van der Waals surface area contributed by atoms with Crippen molar-refractivity contribution in [2.45, 2.75) is 26.3 Å². The fourth-order valence-corrected chi connectivity index (χ4v) is 2.61. The zero-order valence-corrected chi connectivity index (χ0v) is 11.9. The highest BCUT2D eigenvalue weighted by molar-refractivity contribution is 7.90. The van der Waals surface area contributed by atoms with Crippen molar-refractivity contribution in [1.82, 2.24) is 4.98 Å². The van der Waals surface area contributed by atoms with Crippen LogP contribution in [0.5, 0.6) is 0 Å². The lowest BCUT2D eigenvalue weighted by Crippen LogP contribution is -2.25. The second kappa shape index (κ2) is 6.58. The van der Waals surface area contributed by atoms with Crippen molar-refractivity contribution in [2.24, 2.45) is 0 Å². The van der Waals surface area contributed by atoms with Crippen LogP contribution < -0.4 is 10.6 Å². The fourth-order valence-electron chi connectivity index (χ4n) is 1.61. The summed E-state index contributed by atoms with van der Waals surface area (Å²) in [6.07, 6.45) is 2.27. The Bertz CT molecular complexity index is 474. The predicted octanol–water partition coefficient (Wildman–Crippen LogP) is 1.75. The molecule has 1 atom stereocenters. The quantitative estimate of drug-likeness (QED) is 0.790. The van der Waals surface area contributed by atoms with Crippen molar-refractivity contribution in [3.05, 3.63) is 18.2 Å². The van der Waals surface area contributed by atoms with Crippen molar-refractivity contribution >= 4 is 21.5 Å². The molecule has 102 valence electrons. The standard InChI is InChI=1S/C12H21N3O2S/c1-4-8-13-11-6-5-7-12(15-11)14-10(2)9-18(3,16)17/h5-7,10H,4,8-9H2,1-3H3,(H2,13,14,15). The molecule has 0 fully saturated rings. The van der Waals surface area contributed by atoms with Crippen LogP contribution in [-0.2, 0) is 9.84 Å². The highest BCUT2D eigenvalue weighted by atomic mass is 32.2. The number of pyridine rings is 1. The maximum atomic E-state index is 11.2. The average molecular weight is 271 g/mol. The summed E-state index contributed by atoms with van der Waals surface area (Å²) < 4.78 is 22.3. The third kappa shape index (κ3) is 5.86. The van der Waals surface area contributed by atoms with Crippen LogP contribution in [0.25, 0.3) is 0 Å². The van der Waals surface area contributed by atoms with E-state index in [-0.39, 0.29) is 11.8 Å². The molecular weight excluding hydrogens is 250 g/mol. The fraction of sp³-hybridized carbons (Fsp3) is 0.583. The number of aromatic nitrogens is 1. The second-order valence-electron chi connectivity index (χ2n) is 4.47. The molecule has 0 saturated carbocycles. The lowest BCUT2D eigenvalue weighted by atomic mass is 10.3.